The van der Waals surface area contributed by atoms with Gasteiger partial charge in [-0.05, 0) is 0 Å². The Labute approximate surface area is 195 Å². The summed E-state index contributed by atoms with van der Waals surface area (Å²) in [6.07, 6.45) is 4.41. The monoisotopic (exact) mass is 528 g/mol. The van der Waals surface area contributed by atoms with Crippen molar-refractivity contribution in [3.05, 3.63) is 0 Å². The molecule has 33 heavy (non-hydrogen) atoms. The number of hydrogen-bond donors (Lipinski definition) is 2. The van der Waals surface area contributed by atoms with Gasteiger partial charge in [-0.15, -0.1) is 0 Å². The van der Waals surface area contributed by atoms with Gasteiger partial charge >= 0.3 is 196 Å². The van der Waals surface area contributed by atoms with Crippen LogP contribution < -0.4 is 10.6 Å². The fourth-order valence-electron chi connectivity index (χ4n) is 27.2. The zero-order valence-electron chi connectivity index (χ0n) is 21.6. The fraction of sp³-hybridized carbons (Fsp3) is 1.00. The zero-order valence-corrected chi connectivity index (χ0v) is 25.0. The van der Waals surface area contributed by atoms with Crippen molar-refractivity contribution in [1.29, 1.82) is 0 Å². The van der Waals surface area contributed by atoms with Gasteiger partial charge in [0, 0.05) is 0 Å². The third kappa shape index (κ3) is 0.334. The van der Waals surface area contributed by atoms with E-state index in [1.54, 1.807) is 0 Å². The van der Waals surface area contributed by atoms with Crippen LogP contribution in [0.2, 0.25) is 46.2 Å². The molecule has 9 atom stereocenters. The van der Waals surface area contributed by atoms with Crippen molar-refractivity contribution in [3.8, 4) is 0 Å². The van der Waals surface area contributed by atoms with Gasteiger partial charge in [-0.2, -0.15) is 0 Å². The van der Waals surface area contributed by atoms with Gasteiger partial charge in [0.2, 0.25) is 0 Å². The maximum atomic E-state index is 3.91. The van der Waals surface area contributed by atoms with Gasteiger partial charge in [0.15, 0.2) is 0 Å². The van der Waals surface area contributed by atoms with Crippen molar-refractivity contribution in [2.24, 2.45) is 22.7 Å². The quantitative estimate of drug-likeness (QED) is 0.315. The molecule has 0 radical (unpaired) electrons. The van der Waals surface area contributed by atoms with Crippen LogP contribution in [0.15, 0.2) is 0 Å². The molecular weight excluding hydrogens is 482 g/mol. The fourth-order valence-corrected chi connectivity index (χ4v) is 122. The zero-order chi connectivity index (χ0) is 22.8. The molecule has 12 aliphatic heterocycles. The van der Waals surface area contributed by atoms with E-state index in [0.717, 1.165) is 29.1 Å². The van der Waals surface area contributed by atoms with Crippen LogP contribution >= 0.6 is 18.5 Å². The van der Waals surface area contributed by atoms with Gasteiger partial charge in [-0.3, -0.25) is 0 Å². The summed E-state index contributed by atoms with van der Waals surface area (Å²) >= 11 is 0. The molecule has 186 valence electrons. The Hall–Kier alpha value is 1.30. The Morgan fingerprint density at radius 1 is 0.788 bits per heavy atom. The molecule has 0 aromatic rings. The molecule has 12 rings (SSSR count). The minimum atomic E-state index is -4.05. The summed E-state index contributed by atoms with van der Waals surface area (Å²) in [5.41, 5.74) is 1.02. The molecule has 1 spiro atoms. The van der Waals surface area contributed by atoms with Crippen LogP contribution in [0.3, 0.4) is 0 Å². The molecule has 0 bridgehead atoms. The second-order valence-electron chi connectivity index (χ2n) is 19.1. The van der Waals surface area contributed by atoms with Crippen molar-refractivity contribution >= 4 is 18.5 Å². The van der Waals surface area contributed by atoms with E-state index in [1.165, 1.54) is 74.1 Å². The van der Waals surface area contributed by atoms with Gasteiger partial charge in [0.1, 0.15) is 0 Å². The van der Waals surface area contributed by atoms with E-state index < -0.39 is 6.51 Å². The number of rotatable bonds is 4. The van der Waals surface area contributed by atoms with Gasteiger partial charge in [-0.25, -0.2) is 0 Å². The summed E-state index contributed by atoms with van der Waals surface area (Å²) < 4.78 is 3.25. The molecule has 0 aromatic carbocycles. The standard InChI is InChI=1S/C23H41N2P2.C5H5.Fe/c1-21(2,3)18-11-15(14-26)19(20(18)22(4,5)6)23(27,16-7-9-24-12-16)17-8-10-25-13-17;1-2-4-5-3-1;/h11,16-17,24-25H,7-10,12-14,26-27H2,1-6H3;1-5H;. The third-order valence-corrected chi connectivity index (χ3v) is 70.1. The summed E-state index contributed by atoms with van der Waals surface area (Å²) in [4.78, 5) is 7.88. The molecule has 12 heterocycles. The molecule has 0 saturated carbocycles. The summed E-state index contributed by atoms with van der Waals surface area (Å²) in [6.45, 7) is 17.8. The SMILES string of the molecule is CC(C)(C)[C]12[CH]3[C]4(CP)[C]5(C(P)(C6CCNC6)C6CCNC6)[C]1(C(C)(C)C)[Fe]34251678[CH]2[CH]1[CH]6[CH]7[CH]28. The molecular formula is C28H46FeN2P2. The summed E-state index contributed by atoms with van der Waals surface area (Å²) in [5, 5.41) is 8.32. The van der Waals surface area contributed by atoms with E-state index in [9.17, 15) is 0 Å². The first-order valence-electron chi connectivity index (χ1n) is 14.4. The molecule has 12 fully saturated rings. The molecule has 0 aliphatic carbocycles. The summed E-state index contributed by atoms with van der Waals surface area (Å²) in [5.74, 6) is 1.80. The number of hydrogen-bond acceptors (Lipinski definition) is 2. The van der Waals surface area contributed by atoms with Gasteiger partial charge in [-0.1, -0.05) is 0 Å². The molecule has 5 heteroatoms. The van der Waals surface area contributed by atoms with E-state index in [4.69, 9.17) is 0 Å². The van der Waals surface area contributed by atoms with E-state index in [-0.39, 0.29) is 0 Å². The topological polar surface area (TPSA) is 24.1 Å². The van der Waals surface area contributed by atoms with E-state index in [0.29, 0.717) is 16.0 Å². The predicted molar refractivity (Wildman–Crippen MR) is 141 cm³/mol. The normalized spacial score (nSPS) is 86.4. The van der Waals surface area contributed by atoms with E-state index in [1.807, 2.05) is 0 Å². The first-order chi connectivity index (χ1) is 15.2. The van der Waals surface area contributed by atoms with Crippen molar-refractivity contribution in [1.82, 2.24) is 10.6 Å². The van der Waals surface area contributed by atoms with Crippen molar-refractivity contribution in [2.75, 3.05) is 32.3 Å². The molecule has 2 N–H and O–H groups in total. The number of nitrogens with one attached hydrogen (secondary N) is 2. The molecule has 9 unspecified atom stereocenters. The van der Waals surface area contributed by atoms with Crippen molar-refractivity contribution in [3.63, 3.8) is 0 Å². The third-order valence-electron chi connectivity index (χ3n) is 22.0. The summed E-state index contributed by atoms with van der Waals surface area (Å²) in [7, 11) is 7.40. The van der Waals surface area contributed by atoms with Crippen LogP contribution in [0.1, 0.15) is 54.4 Å². The molecule has 12 aliphatic rings. The number of fused-ring (bicyclic) bond motifs is 10. The van der Waals surface area contributed by atoms with Crippen molar-refractivity contribution < 1.29 is 6.51 Å². The molecule has 2 nitrogen and oxygen atoms in total. The van der Waals surface area contributed by atoms with Crippen LogP contribution in [0.25, 0.3) is 0 Å². The Kier molecular flexibility index (Phi) is 1.33. The first kappa shape index (κ1) is 18.5. The predicted octanol–water partition coefficient (Wildman–Crippen LogP) is 6.66. The van der Waals surface area contributed by atoms with Crippen LogP contribution in [-0.2, 0) is 6.51 Å². The Morgan fingerprint density at radius 2 is 1.27 bits per heavy atom. The van der Waals surface area contributed by atoms with Crippen LogP contribution in [0.5, 0.6) is 0 Å². The summed E-state index contributed by atoms with van der Waals surface area (Å²) in [6, 6.07) is 0. The van der Waals surface area contributed by atoms with Gasteiger partial charge in [0.25, 0.3) is 0 Å². The van der Waals surface area contributed by atoms with E-state index in [2.05, 4.69) is 70.7 Å². The Morgan fingerprint density at radius 3 is 1.58 bits per heavy atom. The Balaban J connectivity index is 1.33. The average molecular weight is 528 g/mol. The van der Waals surface area contributed by atoms with E-state index >= 15 is 0 Å². The van der Waals surface area contributed by atoms with Gasteiger partial charge < -0.3 is 0 Å². The minimum absolute atomic E-state index is 0.493. The first-order valence-corrected chi connectivity index (χ1v) is 21.8. The average Bonchev–Trinajstić information content (AvgIpc) is 3.54. The van der Waals surface area contributed by atoms with Crippen LogP contribution in [0.4, 0.5) is 0 Å². The maximum absolute atomic E-state index is 4.05. The Bertz CT molecular complexity index is 1500. The van der Waals surface area contributed by atoms with Crippen LogP contribution in [0, 0.1) is 22.7 Å². The second kappa shape index (κ2) is 2.36. The van der Waals surface area contributed by atoms with Gasteiger partial charge in [0.05, 0.1) is 0 Å². The molecule has 0 aromatic heterocycles. The van der Waals surface area contributed by atoms with Crippen molar-refractivity contribution in [2.45, 2.75) is 106 Å². The van der Waals surface area contributed by atoms with Crippen LogP contribution in [-0.4, -0.2) is 37.5 Å². The second-order valence-corrected chi connectivity index (χ2v) is 43.1. The molecule has 0 amide bonds. The molecule has 12 saturated heterocycles.